The Morgan fingerprint density at radius 3 is 2.50 bits per heavy atom. The fraction of sp³-hybridized carbons (Fsp3) is 0.933. The second-order valence-corrected chi connectivity index (χ2v) is 7.06. The highest BCUT2D eigenvalue weighted by Gasteiger charge is 2.28. The number of morpholine rings is 1. The van der Waals surface area contributed by atoms with Crippen LogP contribution in [0.2, 0.25) is 0 Å². The number of rotatable bonds is 3. The lowest BCUT2D eigenvalue weighted by atomic mass is 9.92. The number of amides is 1. The van der Waals surface area contributed by atoms with Crippen molar-refractivity contribution in [3.63, 3.8) is 0 Å². The number of nitrogens with one attached hydrogen (secondary N) is 1. The molecule has 2 aliphatic heterocycles. The van der Waals surface area contributed by atoms with Crippen LogP contribution in [-0.4, -0.2) is 74.2 Å². The number of carbonyl (C=O) groups is 1. The van der Waals surface area contributed by atoms with Crippen molar-refractivity contribution < 1.29 is 9.53 Å². The molecule has 5 nitrogen and oxygen atoms in total. The Hall–Kier alpha value is -0.650. The molecule has 2 heterocycles. The number of nitrogens with zero attached hydrogens (tertiary/aromatic N) is 2. The van der Waals surface area contributed by atoms with E-state index in [1.807, 2.05) is 4.90 Å². The normalized spacial score (nSPS) is 25.8. The minimum Gasteiger partial charge on any atom is -0.378 e. The van der Waals surface area contributed by atoms with Gasteiger partial charge in [-0.05, 0) is 18.4 Å². The van der Waals surface area contributed by atoms with Crippen LogP contribution in [0.1, 0.15) is 27.2 Å². The van der Waals surface area contributed by atoms with Gasteiger partial charge in [-0.25, -0.2) is 0 Å². The molecule has 1 amide bonds. The maximum atomic E-state index is 12.3. The SMILES string of the molecule is CC(C)(C)CCN1CCN(C(=O)C2COCCN2)CC1. The largest absolute Gasteiger partial charge is 0.378 e. The van der Waals surface area contributed by atoms with Gasteiger partial charge in [0.1, 0.15) is 6.04 Å². The molecular formula is C15H29N3O2. The molecule has 0 radical (unpaired) electrons. The average Bonchev–Trinajstić information content (AvgIpc) is 2.45. The molecule has 0 aromatic heterocycles. The lowest BCUT2D eigenvalue weighted by Gasteiger charge is -2.38. The standard InChI is InChI=1S/C15H29N3O2/c1-15(2,3)4-6-17-7-9-18(10-8-17)14(19)13-12-20-11-5-16-13/h13,16H,4-12H2,1-3H3. The van der Waals surface area contributed by atoms with E-state index < -0.39 is 0 Å². The van der Waals surface area contributed by atoms with Crippen molar-refractivity contribution in [2.45, 2.75) is 33.2 Å². The molecule has 2 rings (SSSR count). The van der Waals surface area contributed by atoms with E-state index in [1.165, 1.54) is 6.42 Å². The number of ether oxygens (including phenoxy) is 1. The molecule has 20 heavy (non-hydrogen) atoms. The Morgan fingerprint density at radius 1 is 1.25 bits per heavy atom. The molecule has 0 aromatic rings. The molecule has 1 N–H and O–H groups in total. The van der Waals surface area contributed by atoms with Gasteiger partial charge in [0, 0.05) is 32.7 Å². The molecular weight excluding hydrogens is 254 g/mol. The molecule has 116 valence electrons. The van der Waals surface area contributed by atoms with Crippen molar-refractivity contribution >= 4 is 5.91 Å². The van der Waals surface area contributed by atoms with Crippen LogP contribution in [0.3, 0.4) is 0 Å². The molecule has 0 aliphatic carbocycles. The summed E-state index contributed by atoms with van der Waals surface area (Å²) in [5, 5.41) is 3.24. The molecule has 0 aromatic carbocycles. The third-order valence-electron chi connectivity index (χ3n) is 4.08. The summed E-state index contributed by atoms with van der Waals surface area (Å²) >= 11 is 0. The first kappa shape index (κ1) is 15.7. The Morgan fingerprint density at radius 2 is 1.95 bits per heavy atom. The first-order chi connectivity index (χ1) is 9.46. The summed E-state index contributed by atoms with van der Waals surface area (Å²) in [6.45, 7) is 13.7. The average molecular weight is 283 g/mol. The van der Waals surface area contributed by atoms with E-state index in [0.29, 0.717) is 18.6 Å². The smallest absolute Gasteiger partial charge is 0.242 e. The zero-order chi connectivity index (χ0) is 14.6. The summed E-state index contributed by atoms with van der Waals surface area (Å²) in [4.78, 5) is 16.8. The fourth-order valence-electron chi connectivity index (χ4n) is 2.63. The van der Waals surface area contributed by atoms with Crippen molar-refractivity contribution in [1.82, 2.24) is 15.1 Å². The predicted octanol–water partition coefficient (Wildman–Crippen LogP) is 0.555. The number of hydrogen-bond donors (Lipinski definition) is 1. The van der Waals surface area contributed by atoms with Gasteiger partial charge >= 0.3 is 0 Å². The monoisotopic (exact) mass is 283 g/mol. The molecule has 0 saturated carbocycles. The Balaban J connectivity index is 1.72. The zero-order valence-electron chi connectivity index (χ0n) is 13.2. The summed E-state index contributed by atoms with van der Waals surface area (Å²) < 4.78 is 5.37. The summed E-state index contributed by atoms with van der Waals surface area (Å²) in [5.41, 5.74) is 0.385. The number of hydrogen-bond acceptors (Lipinski definition) is 4. The molecule has 1 unspecified atom stereocenters. The summed E-state index contributed by atoms with van der Waals surface area (Å²) in [5.74, 6) is 0.208. The van der Waals surface area contributed by atoms with E-state index in [4.69, 9.17) is 4.74 Å². The first-order valence-corrected chi connectivity index (χ1v) is 7.78. The summed E-state index contributed by atoms with van der Waals surface area (Å²) in [7, 11) is 0. The minimum absolute atomic E-state index is 0.134. The molecule has 2 saturated heterocycles. The third kappa shape index (κ3) is 4.72. The maximum Gasteiger partial charge on any atom is 0.242 e. The van der Waals surface area contributed by atoms with E-state index in [1.54, 1.807) is 0 Å². The van der Waals surface area contributed by atoms with E-state index in [2.05, 4.69) is 31.0 Å². The van der Waals surface area contributed by atoms with Crippen molar-refractivity contribution in [3.8, 4) is 0 Å². The van der Waals surface area contributed by atoms with Gasteiger partial charge in [0.15, 0.2) is 0 Å². The Kier molecular flexibility index (Phi) is 5.41. The van der Waals surface area contributed by atoms with Gasteiger partial charge in [0.25, 0.3) is 0 Å². The zero-order valence-corrected chi connectivity index (χ0v) is 13.2. The van der Waals surface area contributed by atoms with Gasteiger partial charge in [-0.1, -0.05) is 20.8 Å². The third-order valence-corrected chi connectivity index (χ3v) is 4.08. The van der Waals surface area contributed by atoms with Crippen LogP contribution >= 0.6 is 0 Å². The molecule has 2 aliphatic rings. The van der Waals surface area contributed by atoms with Crippen molar-refractivity contribution in [2.75, 3.05) is 52.5 Å². The minimum atomic E-state index is -0.134. The van der Waals surface area contributed by atoms with Gasteiger partial charge in [-0.2, -0.15) is 0 Å². The Bertz CT molecular complexity index is 314. The van der Waals surface area contributed by atoms with Crippen molar-refractivity contribution in [2.24, 2.45) is 5.41 Å². The number of piperazine rings is 1. The molecule has 1 atom stereocenters. The van der Waals surface area contributed by atoms with Crippen LogP contribution in [0, 0.1) is 5.41 Å². The van der Waals surface area contributed by atoms with Gasteiger partial charge in [0.2, 0.25) is 5.91 Å². The highest BCUT2D eigenvalue weighted by molar-refractivity contribution is 5.82. The molecule has 0 bridgehead atoms. The van der Waals surface area contributed by atoms with E-state index in [0.717, 1.165) is 39.3 Å². The van der Waals surface area contributed by atoms with Gasteiger partial charge < -0.3 is 15.0 Å². The van der Waals surface area contributed by atoms with Gasteiger partial charge in [-0.15, -0.1) is 0 Å². The van der Waals surface area contributed by atoms with Gasteiger partial charge in [-0.3, -0.25) is 9.69 Å². The highest BCUT2D eigenvalue weighted by atomic mass is 16.5. The van der Waals surface area contributed by atoms with E-state index in [-0.39, 0.29) is 11.9 Å². The second kappa shape index (κ2) is 6.87. The van der Waals surface area contributed by atoms with Gasteiger partial charge in [0.05, 0.1) is 13.2 Å². The lowest BCUT2D eigenvalue weighted by molar-refractivity contribution is -0.138. The second-order valence-electron chi connectivity index (χ2n) is 7.06. The quantitative estimate of drug-likeness (QED) is 0.822. The van der Waals surface area contributed by atoms with Crippen LogP contribution in [0.25, 0.3) is 0 Å². The van der Waals surface area contributed by atoms with E-state index in [9.17, 15) is 4.79 Å². The molecule has 5 heteroatoms. The molecule has 0 spiro atoms. The first-order valence-electron chi connectivity index (χ1n) is 7.78. The lowest BCUT2D eigenvalue weighted by Crippen LogP contribution is -2.57. The Labute approximate surface area is 122 Å². The molecule has 2 fully saturated rings. The van der Waals surface area contributed by atoms with Crippen LogP contribution in [-0.2, 0) is 9.53 Å². The van der Waals surface area contributed by atoms with Crippen molar-refractivity contribution in [3.05, 3.63) is 0 Å². The van der Waals surface area contributed by atoms with Crippen LogP contribution in [0.15, 0.2) is 0 Å². The number of carbonyl (C=O) groups excluding carboxylic acids is 1. The highest BCUT2D eigenvalue weighted by Crippen LogP contribution is 2.19. The predicted molar refractivity (Wildman–Crippen MR) is 79.7 cm³/mol. The van der Waals surface area contributed by atoms with E-state index >= 15 is 0 Å². The van der Waals surface area contributed by atoms with Crippen LogP contribution in [0.4, 0.5) is 0 Å². The fourth-order valence-corrected chi connectivity index (χ4v) is 2.63. The maximum absolute atomic E-state index is 12.3. The van der Waals surface area contributed by atoms with Crippen molar-refractivity contribution in [1.29, 1.82) is 0 Å². The topological polar surface area (TPSA) is 44.8 Å². The van der Waals surface area contributed by atoms with Crippen LogP contribution < -0.4 is 5.32 Å². The summed E-state index contributed by atoms with van der Waals surface area (Å²) in [6, 6.07) is -0.134. The van der Waals surface area contributed by atoms with Crippen LogP contribution in [0.5, 0.6) is 0 Å². The summed E-state index contributed by atoms with van der Waals surface area (Å²) in [6.07, 6.45) is 1.21.